The molecule has 0 aliphatic rings. The van der Waals surface area contributed by atoms with E-state index in [1.54, 1.807) is 36.8 Å². The molecule has 0 unspecified atom stereocenters. The van der Waals surface area contributed by atoms with Gasteiger partial charge in [-0.1, -0.05) is 12.1 Å². The molecule has 3 rings (SSSR count). The number of benzene rings is 1. The van der Waals surface area contributed by atoms with E-state index in [1.165, 1.54) is 21.3 Å². The third-order valence-corrected chi connectivity index (χ3v) is 4.32. The largest absolute Gasteiger partial charge is 0.504 e. The van der Waals surface area contributed by atoms with Crippen LogP contribution in [-0.2, 0) is 20.1 Å². The van der Waals surface area contributed by atoms with Crippen LogP contribution in [0.1, 0.15) is 25.2 Å². The molecule has 2 heterocycles. The van der Waals surface area contributed by atoms with Gasteiger partial charge in [0.15, 0.2) is 17.0 Å². The maximum atomic E-state index is 12.6. The predicted octanol–water partition coefficient (Wildman–Crippen LogP) is 1.52. The third-order valence-electron chi connectivity index (χ3n) is 4.32. The van der Waals surface area contributed by atoms with Crippen molar-refractivity contribution in [1.29, 1.82) is 0 Å². The number of aromatic nitrogens is 4. The molecule has 0 radical (unpaired) electrons. The van der Waals surface area contributed by atoms with E-state index in [4.69, 9.17) is 0 Å². The zero-order valence-electron chi connectivity index (χ0n) is 14.8. The van der Waals surface area contributed by atoms with Gasteiger partial charge in [0.05, 0.1) is 0 Å². The Morgan fingerprint density at radius 3 is 2.35 bits per heavy atom. The minimum atomic E-state index is -0.408. The van der Waals surface area contributed by atoms with Crippen LogP contribution in [0.3, 0.4) is 0 Å². The van der Waals surface area contributed by atoms with Gasteiger partial charge in [0, 0.05) is 20.1 Å². The lowest BCUT2D eigenvalue weighted by Crippen LogP contribution is -2.39. The molecule has 3 aromatic rings. The third kappa shape index (κ3) is 2.69. The van der Waals surface area contributed by atoms with Crippen LogP contribution < -0.4 is 11.2 Å². The molecule has 136 valence electrons. The van der Waals surface area contributed by atoms with Crippen LogP contribution in [0.5, 0.6) is 11.5 Å². The first kappa shape index (κ1) is 17.5. The highest BCUT2D eigenvalue weighted by Gasteiger charge is 2.17. The van der Waals surface area contributed by atoms with E-state index < -0.39 is 5.56 Å². The Labute approximate surface area is 148 Å². The minimum absolute atomic E-state index is 0.197. The molecule has 2 aromatic heterocycles. The summed E-state index contributed by atoms with van der Waals surface area (Å²) in [7, 11) is 1.74. The molecular weight excluding hydrogens is 336 g/mol. The van der Waals surface area contributed by atoms with Crippen molar-refractivity contribution < 1.29 is 10.2 Å². The van der Waals surface area contributed by atoms with E-state index in [0.717, 1.165) is 0 Å². The second kappa shape index (κ2) is 6.55. The standard InChI is InChI=1S/C18H20N4O4/c1-4-21-16-15(17(25)22(5-2)18(21)26)19-14(20(16)3)9-7-11-6-8-12(23)13(24)10-11/h6-10,23-24H,4-5H2,1-3H3/b9-7+. The Morgan fingerprint density at radius 1 is 1.04 bits per heavy atom. The van der Waals surface area contributed by atoms with Gasteiger partial charge in [0.1, 0.15) is 11.5 Å². The molecule has 0 fully saturated rings. The number of imidazole rings is 1. The first-order valence-corrected chi connectivity index (χ1v) is 8.29. The first-order valence-electron chi connectivity index (χ1n) is 8.29. The summed E-state index contributed by atoms with van der Waals surface area (Å²) in [6, 6.07) is 4.44. The van der Waals surface area contributed by atoms with Crippen LogP contribution in [0.4, 0.5) is 0 Å². The van der Waals surface area contributed by atoms with Crippen molar-refractivity contribution in [2.45, 2.75) is 26.9 Å². The van der Waals surface area contributed by atoms with Crippen LogP contribution in [0.25, 0.3) is 23.3 Å². The van der Waals surface area contributed by atoms with Crippen molar-refractivity contribution in [3.63, 3.8) is 0 Å². The van der Waals surface area contributed by atoms with Gasteiger partial charge in [-0.3, -0.25) is 13.9 Å². The molecule has 0 saturated carbocycles. The number of rotatable bonds is 4. The number of phenolic OH excluding ortho intramolecular Hbond substituents is 2. The Hall–Kier alpha value is -3.29. The average molecular weight is 356 g/mol. The first-order chi connectivity index (χ1) is 12.4. The second-order valence-corrected chi connectivity index (χ2v) is 5.86. The summed E-state index contributed by atoms with van der Waals surface area (Å²) >= 11 is 0. The summed E-state index contributed by atoms with van der Waals surface area (Å²) in [5.41, 5.74) is 0.611. The van der Waals surface area contributed by atoms with Crippen molar-refractivity contribution in [2.24, 2.45) is 7.05 Å². The number of phenols is 2. The zero-order chi connectivity index (χ0) is 19.0. The van der Waals surface area contributed by atoms with Gasteiger partial charge in [-0.25, -0.2) is 9.78 Å². The minimum Gasteiger partial charge on any atom is -0.504 e. The van der Waals surface area contributed by atoms with E-state index in [0.29, 0.717) is 23.6 Å². The molecule has 0 saturated heterocycles. The Bertz CT molecular complexity index is 1130. The van der Waals surface area contributed by atoms with Gasteiger partial charge in [-0.2, -0.15) is 0 Å². The summed E-state index contributed by atoms with van der Waals surface area (Å²) in [4.78, 5) is 29.4. The number of aryl methyl sites for hydroxylation is 2. The van der Waals surface area contributed by atoms with E-state index >= 15 is 0 Å². The number of hydrogen-bond donors (Lipinski definition) is 2. The molecule has 8 nitrogen and oxygen atoms in total. The van der Waals surface area contributed by atoms with Crippen LogP contribution >= 0.6 is 0 Å². The van der Waals surface area contributed by atoms with Crippen LogP contribution in [0, 0.1) is 0 Å². The van der Waals surface area contributed by atoms with E-state index in [1.807, 2.05) is 6.92 Å². The van der Waals surface area contributed by atoms with Crippen LogP contribution in [0.15, 0.2) is 27.8 Å². The molecule has 0 bridgehead atoms. The molecule has 26 heavy (non-hydrogen) atoms. The summed E-state index contributed by atoms with van der Waals surface area (Å²) in [5, 5.41) is 18.9. The maximum absolute atomic E-state index is 12.6. The van der Waals surface area contributed by atoms with E-state index in [-0.39, 0.29) is 29.3 Å². The van der Waals surface area contributed by atoms with Crippen LogP contribution in [-0.4, -0.2) is 28.9 Å². The number of nitrogens with zero attached hydrogens (tertiary/aromatic N) is 4. The summed E-state index contributed by atoms with van der Waals surface area (Å²) < 4.78 is 4.39. The van der Waals surface area contributed by atoms with Crippen molar-refractivity contribution >= 4 is 23.3 Å². The van der Waals surface area contributed by atoms with Crippen molar-refractivity contribution in [1.82, 2.24) is 18.7 Å². The molecule has 0 aliphatic heterocycles. The lowest BCUT2D eigenvalue weighted by molar-refractivity contribution is 0.403. The van der Waals surface area contributed by atoms with Gasteiger partial charge in [-0.15, -0.1) is 0 Å². The van der Waals surface area contributed by atoms with Crippen molar-refractivity contribution in [2.75, 3.05) is 0 Å². The van der Waals surface area contributed by atoms with Crippen molar-refractivity contribution in [3.05, 3.63) is 50.4 Å². The lowest BCUT2D eigenvalue weighted by atomic mass is 10.2. The Morgan fingerprint density at radius 2 is 1.73 bits per heavy atom. The summed E-state index contributed by atoms with van der Waals surface area (Å²) in [5.74, 6) is 0.0832. The molecule has 0 amide bonds. The molecule has 2 N–H and O–H groups in total. The summed E-state index contributed by atoms with van der Waals surface area (Å²) in [6.07, 6.45) is 3.39. The quantitative estimate of drug-likeness (QED) is 0.690. The normalized spacial score (nSPS) is 11.7. The Kier molecular flexibility index (Phi) is 4.41. The predicted molar refractivity (Wildman–Crippen MR) is 99.3 cm³/mol. The fraction of sp³-hybridized carbons (Fsp3) is 0.278. The average Bonchev–Trinajstić information content (AvgIpc) is 2.94. The highest BCUT2D eigenvalue weighted by atomic mass is 16.3. The highest BCUT2D eigenvalue weighted by Crippen LogP contribution is 2.25. The fourth-order valence-electron chi connectivity index (χ4n) is 2.94. The number of fused-ring (bicyclic) bond motifs is 1. The van der Waals surface area contributed by atoms with Gasteiger partial charge in [0.25, 0.3) is 5.56 Å². The van der Waals surface area contributed by atoms with E-state index in [9.17, 15) is 19.8 Å². The van der Waals surface area contributed by atoms with Gasteiger partial charge >= 0.3 is 5.69 Å². The monoisotopic (exact) mass is 356 g/mol. The molecule has 0 atom stereocenters. The second-order valence-electron chi connectivity index (χ2n) is 5.86. The van der Waals surface area contributed by atoms with Gasteiger partial charge in [0.2, 0.25) is 0 Å². The van der Waals surface area contributed by atoms with Crippen LogP contribution in [0.2, 0.25) is 0 Å². The molecule has 8 heteroatoms. The molecular formula is C18H20N4O4. The smallest absolute Gasteiger partial charge is 0.332 e. The maximum Gasteiger partial charge on any atom is 0.332 e. The van der Waals surface area contributed by atoms with Gasteiger partial charge < -0.3 is 14.8 Å². The zero-order valence-corrected chi connectivity index (χ0v) is 14.8. The van der Waals surface area contributed by atoms with Gasteiger partial charge in [-0.05, 0) is 37.6 Å². The van der Waals surface area contributed by atoms with E-state index in [2.05, 4.69) is 4.98 Å². The number of aromatic hydroxyl groups is 2. The number of hydrogen-bond acceptors (Lipinski definition) is 5. The fourth-order valence-corrected chi connectivity index (χ4v) is 2.94. The highest BCUT2D eigenvalue weighted by molar-refractivity contribution is 5.76. The molecule has 1 aromatic carbocycles. The molecule has 0 aliphatic carbocycles. The lowest BCUT2D eigenvalue weighted by Gasteiger charge is -2.09. The van der Waals surface area contributed by atoms with Crippen molar-refractivity contribution in [3.8, 4) is 11.5 Å². The summed E-state index contributed by atoms with van der Waals surface area (Å²) in [6.45, 7) is 4.29. The topological polar surface area (TPSA) is 102 Å². The Balaban J connectivity index is 2.19. The SMILES string of the molecule is CCn1c(=O)c2nc(/C=C/c3ccc(O)c(O)c3)n(C)c2n(CC)c1=O. The molecule has 0 spiro atoms.